The number of aliphatic hydroxyl groups is 1. The maximum atomic E-state index is 10.0. The maximum absolute atomic E-state index is 10.0. The third kappa shape index (κ3) is 3.10. The van der Waals surface area contributed by atoms with Crippen LogP contribution in [0.1, 0.15) is 18.9 Å². The van der Waals surface area contributed by atoms with E-state index in [1.807, 2.05) is 30.3 Å². The number of benzene rings is 1. The van der Waals surface area contributed by atoms with Crippen molar-refractivity contribution >= 4 is 29.0 Å². The van der Waals surface area contributed by atoms with Crippen LogP contribution < -0.4 is 0 Å². The first kappa shape index (κ1) is 10.7. The predicted octanol–water partition coefficient (Wildman–Crippen LogP) is 2.54. The molecule has 0 aliphatic heterocycles. The van der Waals surface area contributed by atoms with Gasteiger partial charge in [-0.05, 0) is 12.5 Å². The lowest BCUT2D eigenvalue weighted by molar-refractivity contribution is 0.0666. The molecule has 13 heavy (non-hydrogen) atoms. The molecule has 0 fully saturated rings. The second kappa shape index (κ2) is 4.22. The predicted molar refractivity (Wildman–Crippen MR) is 62.2 cm³/mol. The van der Waals surface area contributed by atoms with Gasteiger partial charge in [0.15, 0.2) is 0 Å². The molecule has 0 heterocycles. The van der Waals surface area contributed by atoms with Crippen LogP contribution in [-0.4, -0.2) is 9.30 Å². The molecular weight excluding hydrogens is 200 g/mol. The Labute approximate surface area is 89.2 Å². The lowest BCUT2D eigenvalue weighted by Gasteiger charge is -2.22. The van der Waals surface area contributed by atoms with E-state index in [0.717, 1.165) is 5.56 Å². The SMILES string of the molecule is C[C@](O)(CC(=S)S)c1ccccc1. The van der Waals surface area contributed by atoms with Crippen LogP contribution in [0, 0.1) is 0 Å². The zero-order chi connectivity index (χ0) is 9.90. The summed E-state index contributed by atoms with van der Waals surface area (Å²) in [5, 5.41) is 10.0. The van der Waals surface area contributed by atoms with Crippen LogP contribution >= 0.6 is 24.8 Å². The summed E-state index contributed by atoms with van der Waals surface area (Å²) in [6.45, 7) is 1.74. The molecule has 0 spiro atoms. The van der Waals surface area contributed by atoms with Crippen LogP contribution in [0.2, 0.25) is 0 Å². The summed E-state index contributed by atoms with van der Waals surface area (Å²) in [4.78, 5) is 0. The minimum absolute atomic E-state index is 0.398. The first-order chi connectivity index (χ1) is 6.02. The number of hydrogen-bond acceptors (Lipinski definition) is 2. The Morgan fingerprint density at radius 3 is 2.46 bits per heavy atom. The summed E-state index contributed by atoms with van der Waals surface area (Å²) >= 11 is 8.86. The van der Waals surface area contributed by atoms with Crippen LogP contribution in [0.15, 0.2) is 30.3 Å². The van der Waals surface area contributed by atoms with E-state index < -0.39 is 5.60 Å². The zero-order valence-corrected chi connectivity index (χ0v) is 9.11. The Bertz CT molecular complexity index is 293. The molecule has 1 aromatic carbocycles. The van der Waals surface area contributed by atoms with Crippen molar-refractivity contribution in [1.82, 2.24) is 0 Å². The van der Waals surface area contributed by atoms with E-state index in [4.69, 9.17) is 12.2 Å². The molecule has 0 aromatic heterocycles. The molecule has 0 saturated heterocycles. The third-order valence-corrected chi connectivity index (χ3v) is 2.19. The smallest absolute Gasteiger partial charge is 0.0921 e. The number of rotatable bonds is 3. The van der Waals surface area contributed by atoms with Gasteiger partial charge in [0.1, 0.15) is 0 Å². The topological polar surface area (TPSA) is 20.2 Å². The number of thiocarbonyl (C=S) groups is 1. The van der Waals surface area contributed by atoms with Crippen molar-refractivity contribution in [3.05, 3.63) is 35.9 Å². The Morgan fingerprint density at radius 1 is 1.46 bits per heavy atom. The maximum Gasteiger partial charge on any atom is 0.0921 e. The molecule has 1 N–H and O–H groups in total. The summed E-state index contributed by atoms with van der Waals surface area (Å²) < 4.78 is 0.522. The van der Waals surface area contributed by atoms with E-state index >= 15 is 0 Å². The van der Waals surface area contributed by atoms with E-state index in [1.165, 1.54) is 0 Å². The normalized spacial score (nSPS) is 15.0. The Morgan fingerprint density at radius 2 is 2.00 bits per heavy atom. The molecule has 0 bridgehead atoms. The Balaban J connectivity index is 2.87. The quantitative estimate of drug-likeness (QED) is 0.593. The largest absolute Gasteiger partial charge is 0.385 e. The van der Waals surface area contributed by atoms with Crippen molar-refractivity contribution in [2.24, 2.45) is 0 Å². The molecule has 0 aliphatic rings. The lowest BCUT2D eigenvalue weighted by Crippen LogP contribution is -2.22. The van der Waals surface area contributed by atoms with Crippen molar-refractivity contribution in [2.45, 2.75) is 18.9 Å². The third-order valence-electron chi connectivity index (χ3n) is 1.89. The molecule has 1 aromatic rings. The van der Waals surface area contributed by atoms with Gasteiger partial charge in [-0.15, -0.1) is 12.6 Å². The van der Waals surface area contributed by atoms with Crippen LogP contribution in [0.4, 0.5) is 0 Å². The molecule has 0 radical (unpaired) electrons. The fourth-order valence-corrected chi connectivity index (χ4v) is 1.78. The van der Waals surface area contributed by atoms with Crippen molar-refractivity contribution < 1.29 is 5.11 Å². The molecule has 0 unspecified atom stereocenters. The van der Waals surface area contributed by atoms with Gasteiger partial charge in [-0.3, -0.25) is 0 Å². The molecule has 0 amide bonds. The van der Waals surface area contributed by atoms with E-state index in [2.05, 4.69) is 12.6 Å². The van der Waals surface area contributed by atoms with Gasteiger partial charge in [0, 0.05) is 10.6 Å². The Kier molecular flexibility index (Phi) is 3.47. The fourth-order valence-electron chi connectivity index (χ4n) is 1.19. The van der Waals surface area contributed by atoms with Crippen molar-refractivity contribution in [1.29, 1.82) is 0 Å². The first-order valence-corrected chi connectivity index (χ1v) is 4.87. The Hall–Kier alpha value is -0.380. The average molecular weight is 212 g/mol. The van der Waals surface area contributed by atoms with Gasteiger partial charge in [-0.25, -0.2) is 0 Å². The molecule has 1 rings (SSSR count). The monoisotopic (exact) mass is 212 g/mol. The van der Waals surface area contributed by atoms with E-state index in [-0.39, 0.29) is 0 Å². The highest BCUT2D eigenvalue weighted by molar-refractivity contribution is 8.11. The van der Waals surface area contributed by atoms with Crippen LogP contribution in [-0.2, 0) is 5.60 Å². The molecular formula is C10H12OS2. The second-order valence-electron chi connectivity index (χ2n) is 3.21. The van der Waals surface area contributed by atoms with Gasteiger partial charge in [-0.1, -0.05) is 42.5 Å². The summed E-state index contributed by atoms with van der Waals surface area (Å²) in [5.41, 5.74) is -0.0356. The van der Waals surface area contributed by atoms with Crippen LogP contribution in [0.3, 0.4) is 0 Å². The van der Waals surface area contributed by atoms with Crippen molar-refractivity contribution in [3.63, 3.8) is 0 Å². The van der Waals surface area contributed by atoms with Crippen LogP contribution in [0.25, 0.3) is 0 Å². The van der Waals surface area contributed by atoms with Gasteiger partial charge < -0.3 is 5.11 Å². The summed E-state index contributed by atoms with van der Waals surface area (Å²) in [6.07, 6.45) is 0.398. The average Bonchev–Trinajstić information content (AvgIpc) is 2.04. The highest BCUT2D eigenvalue weighted by Gasteiger charge is 2.23. The standard InChI is InChI=1S/C10H12OS2/c1-10(11,7-9(12)13)8-5-3-2-4-6-8/h2-6,11H,7H2,1H3,(H,12,13)/t10-/m0/s1. The van der Waals surface area contributed by atoms with Gasteiger partial charge in [0.25, 0.3) is 0 Å². The summed E-state index contributed by atoms with van der Waals surface area (Å²) in [7, 11) is 0. The highest BCUT2D eigenvalue weighted by Crippen LogP contribution is 2.25. The minimum Gasteiger partial charge on any atom is -0.385 e. The lowest BCUT2D eigenvalue weighted by atomic mass is 9.93. The van der Waals surface area contributed by atoms with Gasteiger partial charge >= 0.3 is 0 Å². The molecule has 1 atom stereocenters. The molecule has 3 heteroatoms. The first-order valence-electron chi connectivity index (χ1n) is 4.02. The summed E-state index contributed by atoms with van der Waals surface area (Å²) in [5.74, 6) is 0. The van der Waals surface area contributed by atoms with Crippen LogP contribution in [0.5, 0.6) is 0 Å². The van der Waals surface area contributed by atoms with Gasteiger partial charge in [0.05, 0.1) is 5.60 Å². The molecule has 1 nitrogen and oxygen atoms in total. The summed E-state index contributed by atoms with van der Waals surface area (Å²) in [6, 6.07) is 9.47. The molecule has 0 aliphatic carbocycles. The highest BCUT2D eigenvalue weighted by atomic mass is 32.1. The minimum atomic E-state index is -0.903. The van der Waals surface area contributed by atoms with E-state index in [0.29, 0.717) is 10.6 Å². The van der Waals surface area contributed by atoms with E-state index in [1.54, 1.807) is 6.92 Å². The van der Waals surface area contributed by atoms with Gasteiger partial charge in [0.2, 0.25) is 0 Å². The number of hydrogen-bond donors (Lipinski definition) is 2. The van der Waals surface area contributed by atoms with E-state index in [9.17, 15) is 5.11 Å². The number of thiol groups is 1. The molecule has 0 saturated carbocycles. The second-order valence-corrected chi connectivity index (χ2v) is 4.55. The van der Waals surface area contributed by atoms with Gasteiger partial charge in [-0.2, -0.15) is 0 Å². The fraction of sp³-hybridized carbons (Fsp3) is 0.300. The van der Waals surface area contributed by atoms with Crippen molar-refractivity contribution in [3.8, 4) is 0 Å². The molecule has 70 valence electrons. The zero-order valence-electron chi connectivity index (χ0n) is 7.40. The van der Waals surface area contributed by atoms with Crippen molar-refractivity contribution in [2.75, 3.05) is 0 Å².